The normalized spacial score (nSPS) is 14.8. The second-order valence-electron chi connectivity index (χ2n) is 3.24. The van der Waals surface area contributed by atoms with Crippen LogP contribution in [0.15, 0.2) is 30.1 Å². The van der Waals surface area contributed by atoms with Crippen molar-refractivity contribution in [2.24, 2.45) is 0 Å². The fourth-order valence-electron chi connectivity index (χ4n) is 1.28. The highest BCUT2D eigenvalue weighted by Gasteiger charge is 2.10. The van der Waals surface area contributed by atoms with Gasteiger partial charge in [0.15, 0.2) is 5.15 Å². The van der Waals surface area contributed by atoms with Crippen molar-refractivity contribution in [1.82, 2.24) is 4.98 Å². The maximum absolute atomic E-state index is 5.94. The highest BCUT2D eigenvalue weighted by atomic mass is 35.5. The van der Waals surface area contributed by atoms with Crippen molar-refractivity contribution < 1.29 is 4.74 Å². The lowest BCUT2D eigenvalue weighted by Crippen LogP contribution is -1.98. The van der Waals surface area contributed by atoms with Crippen LogP contribution in [-0.4, -0.2) is 4.98 Å². The van der Waals surface area contributed by atoms with Crippen molar-refractivity contribution in [3.8, 4) is 5.88 Å². The second kappa shape index (κ2) is 5.09. The molecule has 0 unspecified atom stereocenters. The second-order valence-corrected chi connectivity index (χ2v) is 4.41. The minimum atomic E-state index is 0.182. The minimum absolute atomic E-state index is 0.182. The molecule has 0 N–H and O–H groups in total. The van der Waals surface area contributed by atoms with Gasteiger partial charge in [-0.3, -0.25) is 0 Å². The lowest BCUT2D eigenvalue weighted by atomic mass is 10.2. The number of ether oxygens (including phenoxy) is 1. The number of aromatic nitrogens is 1. The van der Waals surface area contributed by atoms with Crippen LogP contribution in [0, 0.1) is 0 Å². The predicted octanol–water partition coefficient (Wildman–Crippen LogP) is 4.65. The van der Waals surface area contributed by atoms with E-state index in [0.29, 0.717) is 10.0 Å². The van der Waals surface area contributed by atoms with Gasteiger partial charge in [-0.15, -0.1) is 0 Å². The number of pyridine rings is 1. The summed E-state index contributed by atoms with van der Waals surface area (Å²) in [6, 6.07) is 1.51. The lowest BCUT2D eigenvalue weighted by Gasteiger charge is -2.10. The van der Waals surface area contributed by atoms with E-state index < -0.39 is 0 Å². The summed E-state index contributed by atoms with van der Waals surface area (Å²) in [5, 5.41) is 0.836. The summed E-state index contributed by atoms with van der Waals surface area (Å²) >= 11 is 17.5. The zero-order chi connectivity index (χ0) is 11.5. The van der Waals surface area contributed by atoms with Gasteiger partial charge >= 0.3 is 0 Å². The molecule has 1 aliphatic carbocycles. The van der Waals surface area contributed by atoms with Gasteiger partial charge in [0.25, 0.3) is 0 Å². The van der Waals surface area contributed by atoms with Crippen molar-refractivity contribution in [2.75, 3.05) is 0 Å². The molecule has 1 heterocycles. The molecule has 0 aliphatic heterocycles. The van der Waals surface area contributed by atoms with E-state index in [0.717, 1.165) is 18.6 Å². The van der Waals surface area contributed by atoms with E-state index in [1.807, 2.05) is 18.2 Å². The van der Waals surface area contributed by atoms with Crippen molar-refractivity contribution in [3.05, 3.63) is 45.3 Å². The highest BCUT2D eigenvalue weighted by Crippen LogP contribution is 2.31. The molecule has 1 aromatic heterocycles. The molecular formula is C11H8Cl3NO. The quantitative estimate of drug-likeness (QED) is 0.733. The predicted molar refractivity (Wildman–Crippen MR) is 66.4 cm³/mol. The van der Waals surface area contributed by atoms with E-state index in [1.165, 1.54) is 6.07 Å². The Morgan fingerprint density at radius 2 is 1.94 bits per heavy atom. The van der Waals surface area contributed by atoms with Crippen LogP contribution in [0.1, 0.15) is 12.8 Å². The highest BCUT2D eigenvalue weighted by molar-refractivity contribution is 6.42. The van der Waals surface area contributed by atoms with Crippen LogP contribution in [0.3, 0.4) is 0 Å². The van der Waals surface area contributed by atoms with Crippen molar-refractivity contribution in [1.29, 1.82) is 0 Å². The Morgan fingerprint density at radius 1 is 1.12 bits per heavy atom. The van der Waals surface area contributed by atoms with Gasteiger partial charge in [-0.05, 0) is 31.1 Å². The average Bonchev–Trinajstić information content (AvgIpc) is 2.27. The lowest BCUT2D eigenvalue weighted by molar-refractivity contribution is 0.422. The number of hydrogen-bond acceptors (Lipinski definition) is 2. The van der Waals surface area contributed by atoms with Crippen LogP contribution in [0.5, 0.6) is 5.88 Å². The van der Waals surface area contributed by atoms with Gasteiger partial charge in [0.1, 0.15) is 10.8 Å². The SMILES string of the molecule is Clc1cc(Cl)c(OC2=CCCC=C2)nc1Cl. The molecule has 0 amide bonds. The molecule has 0 bridgehead atoms. The minimum Gasteiger partial charge on any atom is -0.438 e. The number of nitrogens with zero attached hydrogens (tertiary/aromatic N) is 1. The molecule has 5 heteroatoms. The van der Waals surface area contributed by atoms with Gasteiger partial charge in [-0.1, -0.05) is 40.9 Å². The summed E-state index contributed by atoms with van der Waals surface area (Å²) < 4.78 is 5.51. The van der Waals surface area contributed by atoms with Crippen molar-refractivity contribution in [2.45, 2.75) is 12.8 Å². The van der Waals surface area contributed by atoms with Crippen LogP contribution >= 0.6 is 34.8 Å². The Balaban J connectivity index is 2.24. The Kier molecular flexibility index (Phi) is 3.74. The molecule has 1 aromatic rings. The summed E-state index contributed by atoms with van der Waals surface area (Å²) in [5.41, 5.74) is 0. The van der Waals surface area contributed by atoms with Gasteiger partial charge in [0.05, 0.1) is 5.02 Å². The largest absolute Gasteiger partial charge is 0.438 e. The summed E-state index contributed by atoms with van der Waals surface area (Å²) in [5.74, 6) is 0.993. The molecule has 0 atom stereocenters. The molecule has 0 radical (unpaired) electrons. The molecule has 0 aromatic carbocycles. The van der Waals surface area contributed by atoms with Crippen molar-refractivity contribution in [3.63, 3.8) is 0 Å². The molecule has 1 aliphatic rings. The first-order valence-electron chi connectivity index (χ1n) is 4.73. The van der Waals surface area contributed by atoms with E-state index in [-0.39, 0.29) is 11.0 Å². The fraction of sp³-hybridized carbons (Fsp3) is 0.182. The number of halogens is 3. The van der Waals surface area contributed by atoms with Gasteiger partial charge in [0, 0.05) is 0 Å². The van der Waals surface area contributed by atoms with Crippen LogP contribution in [0.2, 0.25) is 15.2 Å². The van der Waals surface area contributed by atoms with Gasteiger partial charge < -0.3 is 4.74 Å². The van der Waals surface area contributed by atoms with Crippen LogP contribution < -0.4 is 4.74 Å². The summed E-state index contributed by atoms with van der Waals surface area (Å²) in [6.45, 7) is 0. The van der Waals surface area contributed by atoms with Gasteiger partial charge in [-0.2, -0.15) is 4.98 Å². The zero-order valence-corrected chi connectivity index (χ0v) is 10.5. The third-order valence-electron chi connectivity index (χ3n) is 2.03. The molecular weight excluding hydrogens is 268 g/mol. The fourth-order valence-corrected chi connectivity index (χ4v) is 1.81. The van der Waals surface area contributed by atoms with E-state index in [1.54, 1.807) is 0 Å². The Morgan fingerprint density at radius 3 is 2.62 bits per heavy atom. The molecule has 0 fully saturated rings. The Hall–Kier alpha value is -0.700. The van der Waals surface area contributed by atoms with Crippen LogP contribution in [0.25, 0.3) is 0 Å². The third kappa shape index (κ3) is 2.70. The first kappa shape index (κ1) is 11.8. The van der Waals surface area contributed by atoms with E-state index >= 15 is 0 Å². The zero-order valence-electron chi connectivity index (χ0n) is 8.21. The molecule has 84 valence electrons. The molecule has 0 saturated heterocycles. The van der Waals surface area contributed by atoms with Gasteiger partial charge in [0.2, 0.25) is 5.88 Å². The average molecular weight is 277 g/mol. The summed E-state index contributed by atoms with van der Waals surface area (Å²) in [6.07, 6.45) is 7.85. The molecule has 0 saturated carbocycles. The topological polar surface area (TPSA) is 22.1 Å². The Labute approximate surface area is 108 Å². The third-order valence-corrected chi connectivity index (χ3v) is 2.97. The van der Waals surface area contributed by atoms with E-state index in [4.69, 9.17) is 39.5 Å². The molecule has 0 spiro atoms. The maximum atomic E-state index is 5.94. The first-order valence-corrected chi connectivity index (χ1v) is 5.86. The van der Waals surface area contributed by atoms with Crippen LogP contribution in [0.4, 0.5) is 0 Å². The molecule has 16 heavy (non-hydrogen) atoms. The number of rotatable bonds is 2. The van der Waals surface area contributed by atoms with Crippen LogP contribution in [-0.2, 0) is 0 Å². The summed E-state index contributed by atoms with van der Waals surface area (Å²) in [4.78, 5) is 3.97. The van der Waals surface area contributed by atoms with E-state index in [9.17, 15) is 0 Å². The maximum Gasteiger partial charge on any atom is 0.239 e. The smallest absolute Gasteiger partial charge is 0.239 e. The summed E-state index contributed by atoms with van der Waals surface area (Å²) in [7, 11) is 0. The molecule has 2 nitrogen and oxygen atoms in total. The molecule has 2 rings (SSSR count). The standard InChI is InChI=1S/C11H8Cl3NO/c12-8-6-9(13)11(15-10(8)14)16-7-4-2-1-3-5-7/h2,4-6H,1,3H2. The Bertz CT molecular complexity index is 469. The number of allylic oxidation sites excluding steroid dienone is 3. The van der Waals surface area contributed by atoms with E-state index in [2.05, 4.69) is 4.98 Å². The van der Waals surface area contributed by atoms with Crippen molar-refractivity contribution >= 4 is 34.8 Å². The first-order chi connectivity index (χ1) is 7.66. The number of hydrogen-bond donors (Lipinski definition) is 0. The van der Waals surface area contributed by atoms with Gasteiger partial charge in [-0.25, -0.2) is 0 Å². The monoisotopic (exact) mass is 275 g/mol.